The molecule has 0 saturated carbocycles. The molecule has 0 saturated heterocycles. The Hall–Kier alpha value is -2.16. The van der Waals surface area contributed by atoms with Crippen molar-refractivity contribution in [3.8, 4) is 0 Å². The molecule has 1 N–H and O–H groups in total. The second-order valence-corrected chi connectivity index (χ2v) is 9.38. The molecular formula is C28H50O9. The van der Waals surface area contributed by atoms with E-state index in [0.717, 1.165) is 38.5 Å². The van der Waals surface area contributed by atoms with Crippen LogP contribution in [0.15, 0.2) is 0 Å². The first-order chi connectivity index (χ1) is 17.9. The van der Waals surface area contributed by atoms with Crippen LogP contribution in [0, 0.1) is 0 Å². The monoisotopic (exact) mass is 530 g/mol. The van der Waals surface area contributed by atoms with E-state index in [9.17, 15) is 24.3 Å². The van der Waals surface area contributed by atoms with Crippen LogP contribution >= 0.6 is 0 Å². The number of carbonyl (C=O) groups is 4. The van der Waals surface area contributed by atoms with Crippen molar-refractivity contribution in [3.05, 3.63) is 0 Å². The predicted molar refractivity (Wildman–Crippen MR) is 140 cm³/mol. The van der Waals surface area contributed by atoms with Crippen LogP contribution in [0.25, 0.3) is 0 Å². The summed E-state index contributed by atoms with van der Waals surface area (Å²) >= 11 is 0. The van der Waals surface area contributed by atoms with Gasteiger partial charge in [-0.25, -0.2) is 14.4 Å². The van der Waals surface area contributed by atoms with Crippen molar-refractivity contribution in [1.82, 2.24) is 0 Å². The van der Waals surface area contributed by atoms with Gasteiger partial charge in [0, 0.05) is 0 Å². The summed E-state index contributed by atoms with van der Waals surface area (Å²) in [5.41, 5.74) is 0. The summed E-state index contributed by atoms with van der Waals surface area (Å²) in [6, 6.07) is 0. The van der Waals surface area contributed by atoms with E-state index in [1.54, 1.807) is 0 Å². The van der Waals surface area contributed by atoms with Crippen molar-refractivity contribution in [2.45, 2.75) is 129 Å². The molecule has 0 aliphatic heterocycles. The Morgan fingerprint density at radius 2 is 0.892 bits per heavy atom. The highest BCUT2D eigenvalue weighted by atomic mass is 16.6. The van der Waals surface area contributed by atoms with E-state index in [2.05, 4.69) is 18.6 Å². The number of aliphatic hydroxyl groups excluding tert-OH is 1. The molecule has 0 aliphatic carbocycles. The third kappa shape index (κ3) is 24.0. The molecule has 1 atom stereocenters. The normalized spacial score (nSPS) is 11.5. The first kappa shape index (κ1) is 34.8. The van der Waals surface area contributed by atoms with Gasteiger partial charge in [0.1, 0.15) is 0 Å². The number of hydrogen-bond donors (Lipinski definition) is 1. The first-order valence-electron chi connectivity index (χ1n) is 14.2. The van der Waals surface area contributed by atoms with E-state index in [1.165, 1.54) is 64.2 Å². The van der Waals surface area contributed by atoms with Crippen molar-refractivity contribution in [2.75, 3.05) is 26.4 Å². The molecule has 0 rings (SSSR count). The zero-order valence-corrected chi connectivity index (χ0v) is 23.1. The number of ether oxygens (including phenoxy) is 4. The Kier molecular flexibility index (Phi) is 24.0. The number of unbranched alkanes of at least 4 members (excludes halogenated alkanes) is 14. The van der Waals surface area contributed by atoms with Crippen LogP contribution in [0.1, 0.15) is 123 Å². The fraction of sp³-hybridized carbons (Fsp3) is 0.857. The number of aliphatic hydroxyl groups is 1. The summed E-state index contributed by atoms with van der Waals surface area (Å²) in [5, 5.41) is 9.76. The highest BCUT2D eigenvalue weighted by Crippen LogP contribution is 2.09. The van der Waals surface area contributed by atoms with Crippen LogP contribution in [0.2, 0.25) is 0 Å². The molecule has 0 heterocycles. The second kappa shape index (κ2) is 25.5. The summed E-state index contributed by atoms with van der Waals surface area (Å²) in [5.74, 6) is -3.50. The van der Waals surface area contributed by atoms with E-state index in [0.29, 0.717) is 0 Å². The van der Waals surface area contributed by atoms with Crippen molar-refractivity contribution >= 4 is 23.9 Å². The molecule has 0 fully saturated rings. The van der Waals surface area contributed by atoms with Crippen LogP contribution in [0.4, 0.5) is 0 Å². The van der Waals surface area contributed by atoms with Crippen LogP contribution in [-0.4, -0.2) is 61.5 Å². The van der Waals surface area contributed by atoms with Gasteiger partial charge in [0.05, 0.1) is 19.6 Å². The number of carbonyl (C=O) groups excluding carboxylic acids is 4. The quantitative estimate of drug-likeness (QED) is 0.0963. The molecule has 216 valence electrons. The standard InChI is InChI=1S/C28H50O9/c1-3-5-7-9-11-13-15-17-19-34-26(31)22-36-25(30)21-24(29)28(33)37-23-27(32)35-20-18-16-14-12-10-8-6-4-2/h24,29H,3-23H2,1-2H3. The molecule has 0 aromatic carbocycles. The Balaban J connectivity index is 3.72. The lowest BCUT2D eigenvalue weighted by Crippen LogP contribution is -2.29. The van der Waals surface area contributed by atoms with Gasteiger partial charge in [0.15, 0.2) is 19.3 Å². The van der Waals surface area contributed by atoms with Crippen molar-refractivity contribution in [2.24, 2.45) is 0 Å². The molecule has 0 amide bonds. The number of rotatable bonds is 25. The van der Waals surface area contributed by atoms with Crippen LogP contribution < -0.4 is 0 Å². The van der Waals surface area contributed by atoms with Gasteiger partial charge in [-0.2, -0.15) is 0 Å². The molecule has 9 nitrogen and oxygen atoms in total. The van der Waals surface area contributed by atoms with Gasteiger partial charge in [0.25, 0.3) is 0 Å². The largest absolute Gasteiger partial charge is 0.463 e. The Bertz CT molecular complexity index is 606. The highest BCUT2D eigenvalue weighted by molar-refractivity contribution is 5.84. The lowest BCUT2D eigenvalue weighted by molar-refractivity contribution is -0.168. The predicted octanol–water partition coefficient (Wildman–Crippen LogP) is 5.19. The van der Waals surface area contributed by atoms with E-state index < -0.39 is 49.6 Å². The molecule has 9 heteroatoms. The Morgan fingerprint density at radius 1 is 0.514 bits per heavy atom. The minimum atomic E-state index is -1.80. The molecule has 1 unspecified atom stereocenters. The molecule has 0 aliphatic rings. The average molecular weight is 531 g/mol. The first-order valence-corrected chi connectivity index (χ1v) is 14.2. The Labute approximate surface area is 222 Å². The van der Waals surface area contributed by atoms with Gasteiger partial charge in [-0.15, -0.1) is 0 Å². The van der Waals surface area contributed by atoms with Gasteiger partial charge < -0.3 is 24.1 Å². The fourth-order valence-electron chi connectivity index (χ4n) is 3.59. The van der Waals surface area contributed by atoms with Crippen LogP contribution in [0.3, 0.4) is 0 Å². The maximum Gasteiger partial charge on any atom is 0.344 e. The molecule has 0 aromatic rings. The topological polar surface area (TPSA) is 125 Å². The molecule has 0 bridgehead atoms. The third-order valence-electron chi connectivity index (χ3n) is 5.84. The van der Waals surface area contributed by atoms with Crippen molar-refractivity contribution in [3.63, 3.8) is 0 Å². The van der Waals surface area contributed by atoms with Crippen molar-refractivity contribution < 1.29 is 43.2 Å². The van der Waals surface area contributed by atoms with Gasteiger partial charge in [-0.05, 0) is 12.8 Å². The van der Waals surface area contributed by atoms with E-state index >= 15 is 0 Å². The van der Waals surface area contributed by atoms with Gasteiger partial charge >= 0.3 is 23.9 Å². The van der Waals surface area contributed by atoms with E-state index in [1.807, 2.05) is 0 Å². The fourth-order valence-corrected chi connectivity index (χ4v) is 3.59. The lowest BCUT2D eigenvalue weighted by atomic mass is 10.1. The maximum atomic E-state index is 11.8. The average Bonchev–Trinajstić information content (AvgIpc) is 2.88. The SMILES string of the molecule is CCCCCCCCCCOC(=O)COC(=O)CC(O)C(=O)OCC(=O)OCCCCCCCCCC. The minimum Gasteiger partial charge on any atom is -0.463 e. The summed E-state index contributed by atoms with van der Waals surface area (Å²) in [7, 11) is 0. The lowest BCUT2D eigenvalue weighted by Gasteiger charge is -2.11. The Morgan fingerprint density at radius 3 is 1.32 bits per heavy atom. The second-order valence-electron chi connectivity index (χ2n) is 9.38. The molecular weight excluding hydrogens is 480 g/mol. The number of esters is 4. The highest BCUT2D eigenvalue weighted by Gasteiger charge is 2.23. The smallest absolute Gasteiger partial charge is 0.344 e. The minimum absolute atomic E-state index is 0.245. The third-order valence-corrected chi connectivity index (χ3v) is 5.84. The molecule has 0 radical (unpaired) electrons. The van der Waals surface area contributed by atoms with Gasteiger partial charge in [0.2, 0.25) is 0 Å². The van der Waals surface area contributed by atoms with Crippen LogP contribution in [-0.2, 0) is 38.1 Å². The van der Waals surface area contributed by atoms with Gasteiger partial charge in [-0.1, -0.05) is 104 Å². The number of hydrogen-bond acceptors (Lipinski definition) is 9. The molecule has 0 aromatic heterocycles. The summed E-state index contributed by atoms with van der Waals surface area (Å²) in [6.45, 7) is 3.63. The summed E-state index contributed by atoms with van der Waals surface area (Å²) in [4.78, 5) is 46.8. The van der Waals surface area contributed by atoms with Crippen LogP contribution in [0.5, 0.6) is 0 Å². The van der Waals surface area contributed by atoms with Crippen molar-refractivity contribution in [1.29, 1.82) is 0 Å². The molecule has 0 spiro atoms. The maximum absolute atomic E-state index is 11.8. The van der Waals surface area contributed by atoms with E-state index in [-0.39, 0.29) is 13.2 Å². The van der Waals surface area contributed by atoms with E-state index in [4.69, 9.17) is 14.2 Å². The zero-order chi connectivity index (χ0) is 27.6. The summed E-state index contributed by atoms with van der Waals surface area (Å²) in [6.07, 6.45) is 15.4. The zero-order valence-electron chi connectivity index (χ0n) is 23.1. The molecule has 37 heavy (non-hydrogen) atoms. The summed E-state index contributed by atoms with van der Waals surface area (Å²) < 4.78 is 19.4. The van der Waals surface area contributed by atoms with Gasteiger partial charge in [-0.3, -0.25) is 4.79 Å².